The van der Waals surface area contributed by atoms with Crippen LogP contribution in [0, 0.1) is 0 Å². The first-order valence-electron chi connectivity index (χ1n) is 6.68. The van der Waals surface area contributed by atoms with Crippen molar-refractivity contribution < 1.29 is 5.11 Å². The SMILES string of the molecule is CCc1nn(C)c(CC(O)CSc2ccccc2)c1Br. The van der Waals surface area contributed by atoms with Crippen LogP contribution in [0.3, 0.4) is 0 Å². The van der Waals surface area contributed by atoms with Gasteiger partial charge < -0.3 is 5.11 Å². The molecule has 0 saturated carbocycles. The van der Waals surface area contributed by atoms with Gasteiger partial charge in [-0.2, -0.15) is 5.10 Å². The lowest BCUT2D eigenvalue weighted by atomic mass is 10.2. The van der Waals surface area contributed by atoms with Gasteiger partial charge in [0.05, 0.1) is 22.0 Å². The van der Waals surface area contributed by atoms with Crippen molar-refractivity contribution in [1.29, 1.82) is 0 Å². The summed E-state index contributed by atoms with van der Waals surface area (Å²) >= 11 is 5.26. The van der Waals surface area contributed by atoms with Crippen molar-refractivity contribution >= 4 is 27.7 Å². The van der Waals surface area contributed by atoms with Crippen LogP contribution in [0.4, 0.5) is 0 Å². The molecule has 2 rings (SSSR count). The van der Waals surface area contributed by atoms with E-state index in [1.165, 1.54) is 4.90 Å². The van der Waals surface area contributed by atoms with E-state index in [1.807, 2.05) is 29.9 Å². The van der Waals surface area contributed by atoms with E-state index in [2.05, 4.69) is 40.1 Å². The van der Waals surface area contributed by atoms with Crippen molar-refractivity contribution in [2.45, 2.75) is 30.8 Å². The third kappa shape index (κ3) is 3.87. The van der Waals surface area contributed by atoms with Crippen molar-refractivity contribution in [3.05, 3.63) is 46.2 Å². The summed E-state index contributed by atoms with van der Waals surface area (Å²) in [5.74, 6) is 0.684. The average Bonchev–Trinajstić information content (AvgIpc) is 2.73. The van der Waals surface area contributed by atoms with E-state index in [0.29, 0.717) is 12.2 Å². The minimum atomic E-state index is -0.378. The lowest BCUT2D eigenvalue weighted by Crippen LogP contribution is -2.16. The zero-order valence-corrected chi connectivity index (χ0v) is 14.1. The van der Waals surface area contributed by atoms with Crippen LogP contribution in [0.25, 0.3) is 0 Å². The summed E-state index contributed by atoms with van der Waals surface area (Å²) in [4.78, 5) is 1.19. The first kappa shape index (κ1) is 15.6. The third-order valence-electron chi connectivity index (χ3n) is 3.12. The van der Waals surface area contributed by atoms with E-state index in [4.69, 9.17) is 0 Å². The predicted octanol–water partition coefficient (Wildman–Crippen LogP) is 3.44. The number of halogens is 1. The van der Waals surface area contributed by atoms with Gasteiger partial charge in [-0.05, 0) is 34.5 Å². The zero-order valence-electron chi connectivity index (χ0n) is 11.7. The van der Waals surface area contributed by atoms with Gasteiger partial charge in [0.1, 0.15) is 0 Å². The fraction of sp³-hybridized carbons (Fsp3) is 0.400. The molecule has 20 heavy (non-hydrogen) atoms. The van der Waals surface area contributed by atoms with Crippen molar-refractivity contribution in [3.8, 4) is 0 Å². The Bertz CT molecular complexity index is 557. The fourth-order valence-corrected chi connectivity index (χ4v) is 3.66. The number of benzene rings is 1. The van der Waals surface area contributed by atoms with Gasteiger partial charge in [0, 0.05) is 24.1 Å². The maximum Gasteiger partial charge on any atom is 0.0766 e. The first-order valence-corrected chi connectivity index (χ1v) is 8.45. The number of hydrogen-bond donors (Lipinski definition) is 1. The van der Waals surface area contributed by atoms with E-state index in [-0.39, 0.29) is 6.10 Å². The van der Waals surface area contributed by atoms with Gasteiger partial charge in [-0.25, -0.2) is 0 Å². The van der Waals surface area contributed by atoms with Crippen LogP contribution in [0.1, 0.15) is 18.3 Å². The number of nitrogens with zero attached hydrogens (tertiary/aromatic N) is 2. The van der Waals surface area contributed by atoms with Gasteiger partial charge in [-0.1, -0.05) is 25.1 Å². The fourth-order valence-electron chi connectivity index (χ4n) is 2.03. The first-order chi connectivity index (χ1) is 9.61. The van der Waals surface area contributed by atoms with Gasteiger partial charge in [-0.15, -0.1) is 11.8 Å². The van der Waals surface area contributed by atoms with E-state index in [0.717, 1.165) is 22.3 Å². The summed E-state index contributed by atoms with van der Waals surface area (Å²) in [7, 11) is 1.93. The molecule has 108 valence electrons. The largest absolute Gasteiger partial charge is 0.392 e. The summed E-state index contributed by atoms with van der Waals surface area (Å²) in [6.45, 7) is 2.08. The van der Waals surface area contributed by atoms with Gasteiger partial charge >= 0.3 is 0 Å². The molecule has 1 unspecified atom stereocenters. The number of aliphatic hydroxyl groups is 1. The third-order valence-corrected chi connectivity index (χ3v) is 5.19. The van der Waals surface area contributed by atoms with E-state index in [9.17, 15) is 5.11 Å². The Kier molecular flexibility index (Phi) is 5.69. The molecule has 0 radical (unpaired) electrons. The lowest BCUT2D eigenvalue weighted by molar-refractivity contribution is 0.197. The molecule has 3 nitrogen and oxygen atoms in total. The summed E-state index contributed by atoms with van der Waals surface area (Å²) < 4.78 is 2.89. The van der Waals surface area contributed by atoms with Crippen molar-refractivity contribution in [2.75, 3.05) is 5.75 Å². The predicted molar refractivity (Wildman–Crippen MR) is 87.2 cm³/mol. The number of hydrogen-bond acceptors (Lipinski definition) is 3. The molecular weight excluding hydrogens is 336 g/mol. The maximum absolute atomic E-state index is 10.2. The van der Waals surface area contributed by atoms with Crippen LogP contribution >= 0.6 is 27.7 Å². The number of aromatic nitrogens is 2. The van der Waals surface area contributed by atoms with Crippen LogP contribution in [-0.4, -0.2) is 26.7 Å². The molecule has 0 fully saturated rings. The Balaban J connectivity index is 1.95. The van der Waals surface area contributed by atoms with Crippen LogP contribution < -0.4 is 0 Å². The monoisotopic (exact) mass is 354 g/mol. The highest BCUT2D eigenvalue weighted by atomic mass is 79.9. The van der Waals surface area contributed by atoms with Crippen molar-refractivity contribution in [3.63, 3.8) is 0 Å². The Hall–Kier alpha value is -0.780. The highest BCUT2D eigenvalue weighted by molar-refractivity contribution is 9.10. The van der Waals surface area contributed by atoms with Crippen LogP contribution in [0.15, 0.2) is 39.7 Å². The summed E-state index contributed by atoms with van der Waals surface area (Å²) in [6, 6.07) is 10.2. The van der Waals surface area contributed by atoms with Gasteiger partial charge in [0.2, 0.25) is 0 Å². The normalized spacial score (nSPS) is 12.6. The Morgan fingerprint density at radius 1 is 1.35 bits per heavy atom. The Labute approximate surface area is 132 Å². The molecule has 0 bridgehead atoms. The van der Waals surface area contributed by atoms with Crippen LogP contribution in [-0.2, 0) is 19.9 Å². The molecule has 5 heteroatoms. The van der Waals surface area contributed by atoms with Crippen LogP contribution in [0.2, 0.25) is 0 Å². The lowest BCUT2D eigenvalue weighted by Gasteiger charge is -2.11. The zero-order chi connectivity index (χ0) is 14.5. The molecule has 0 saturated heterocycles. The minimum absolute atomic E-state index is 0.378. The highest BCUT2D eigenvalue weighted by Crippen LogP contribution is 2.24. The molecule has 1 aromatic heterocycles. The average molecular weight is 355 g/mol. The molecule has 1 heterocycles. The second-order valence-corrected chi connectivity index (χ2v) is 6.55. The molecule has 0 aliphatic rings. The number of rotatable bonds is 6. The molecule has 0 aliphatic carbocycles. The van der Waals surface area contributed by atoms with Crippen LogP contribution in [0.5, 0.6) is 0 Å². The molecule has 1 atom stereocenters. The van der Waals surface area contributed by atoms with Gasteiger partial charge in [0.15, 0.2) is 0 Å². The molecular formula is C15H19BrN2OS. The minimum Gasteiger partial charge on any atom is -0.392 e. The highest BCUT2D eigenvalue weighted by Gasteiger charge is 2.16. The number of aryl methyl sites for hydroxylation is 2. The summed E-state index contributed by atoms with van der Waals surface area (Å²) in [5.41, 5.74) is 2.11. The Morgan fingerprint density at radius 2 is 2.05 bits per heavy atom. The van der Waals surface area contributed by atoms with E-state index < -0.39 is 0 Å². The van der Waals surface area contributed by atoms with Crippen molar-refractivity contribution in [1.82, 2.24) is 9.78 Å². The molecule has 1 aromatic carbocycles. The molecule has 1 N–H and O–H groups in total. The standard InChI is InChI=1S/C15H19BrN2OS/c1-3-13-15(16)14(18(2)17-13)9-11(19)10-20-12-7-5-4-6-8-12/h4-8,11,19H,3,9-10H2,1-2H3. The molecule has 0 amide bonds. The second kappa shape index (κ2) is 7.29. The van der Waals surface area contributed by atoms with E-state index >= 15 is 0 Å². The number of thioether (sulfide) groups is 1. The molecule has 0 aliphatic heterocycles. The quantitative estimate of drug-likeness (QED) is 0.807. The topological polar surface area (TPSA) is 38.0 Å². The molecule has 0 spiro atoms. The van der Waals surface area contributed by atoms with Gasteiger partial charge in [0.25, 0.3) is 0 Å². The van der Waals surface area contributed by atoms with Crippen molar-refractivity contribution in [2.24, 2.45) is 7.05 Å². The number of aliphatic hydroxyl groups excluding tert-OH is 1. The van der Waals surface area contributed by atoms with E-state index in [1.54, 1.807) is 11.8 Å². The molecule has 2 aromatic rings. The second-order valence-electron chi connectivity index (χ2n) is 4.67. The van der Waals surface area contributed by atoms with Gasteiger partial charge in [-0.3, -0.25) is 4.68 Å². The summed E-state index contributed by atoms with van der Waals surface area (Å²) in [5, 5.41) is 14.7. The Morgan fingerprint density at radius 3 is 2.65 bits per heavy atom. The smallest absolute Gasteiger partial charge is 0.0766 e. The maximum atomic E-state index is 10.2. The summed E-state index contributed by atoms with van der Waals surface area (Å²) in [6.07, 6.45) is 1.13.